The first-order valence-corrected chi connectivity index (χ1v) is 4.68. The molecule has 0 atom stereocenters. The minimum Gasteiger partial charge on any atom is -0.497 e. The van der Waals surface area contributed by atoms with E-state index in [2.05, 4.69) is 37.8 Å². The largest absolute Gasteiger partial charge is 0.497 e. The second-order valence-electron chi connectivity index (χ2n) is 3.73. The van der Waals surface area contributed by atoms with Gasteiger partial charge >= 0.3 is 0 Å². The molecule has 0 saturated carbocycles. The van der Waals surface area contributed by atoms with Crippen molar-refractivity contribution in [2.75, 3.05) is 7.11 Å². The third kappa shape index (κ3) is 2.29. The lowest BCUT2D eigenvalue weighted by atomic mass is 9.85. The van der Waals surface area contributed by atoms with Crippen LogP contribution in [0.15, 0.2) is 24.3 Å². The van der Waals surface area contributed by atoms with Gasteiger partial charge in [0.1, 0.15) is 5.75 Å². The second-order valence-corrected chi connectivity index (χ2v) is 3.73. The molecule has 0 amide bonds. The molecule has 0 aliphatic heterocycles. The molecule has 1 heteroatoms. The van der Waals surface area contributed by atoms with E-state index in [4.69, 9.17) is 4.74 Å². The minimum absolute atomic E-state index is 0.0823. The van der Waals surface area contributed by atoms with Crippen molar-refractivity contribution in [2.45, 2.75) is 26.2 Å². The van der Waals surface area contributed by atoms with Crippen LogP contribution in [0.2, 0.25) is 0 Å². The Morgan fingerprint density at radius 3 is 2.14 bits per heavy atom. The van der Waals surface area contributed by atoms with Crippen LogP contribution in [-0.2, 0) is 5.41 Å². The van der Waals surface area contributed by atoms with Gasteiger partial charge in [-0.3, -0.25) is 0 Å². The van der Waals surface area contributed by atoms with E-state index in [1.54, 1.807) is 7.11 Å². The number of hydrogen-bond donors (Lipinski definition) is 0. The summed E-state index contributed by atoms with van der Waals surface area (Å²) in [6, 6.07) is 8.05. The SMILES string of the molecule is CC#CC(C)(C)c1ccc(OC)cc1. The fourth-order valence-electron chi connectivity index (χ4n) is 1.39. The Balaban J connectivity index is 3.00. The van der Waals surface area contributed by atoms with Crippen LogP contribution in [0.1, 0.15) is 26.3 Å². The molecule has 0 aliphatic rings. The van der Waals surface area contributed by atoms with Gasteiger partial charge in [0, 0.05) is 0 Å². The Labute approximate surface area is 86.1 Å². The molecule has 0 N–H and O–H groups in total. The summed E-state index contributed by atoms with van der Waals surface area (Å²) in [4.78, 5) is 0. The number of hydrogen-bond acceptors (Lipinski definition) is 1. The third-order valence-electron chi connectivity index (χ3n) is 2.25. The Hall–Kier alpha value is -1.42. The molecule has 0 bridgehead atoms. The third-order valence-corrected chi connectivity index (χ3v) is 2.25. The van der Waals surface area contributed by atoms with Crippen LogP contribution in [0.25, 0.3) is 0 Å². The maximum absolute atomic E-state index is 5.11. The molecule has 0 fully saturated rings. The summed E-state index contributed by atoms with van der Waals surface area (Å²) in [5, 5.41) is 0. The summed E-state index contributed by atoms with van der Waals surface area (Å²) in [6.07, 6.45) is 0. The first kappa shape index (κ1) is 10.7. The Kier molecular flexibility index (Phi) is 3.19. The molecular formula is C13H16O. The maximum atomic E-state index is 5.11. The van der Waals surface area contributed by atoms with E-state index in [1.165, 1.54) is 5.56 Å². The highest BCUT2D eigenvalue weighted by atomic mass is 16.5. The minimum atomic E-state index is -0.0823. The molecule has 0 aliphatic carbocycles. The van der Waals surface area contributed by atoms with Gasteiger partial charge in [0.05, 0.1) is 12.5 Å². The fourth-order valence-corrected chi connectivity index (χ4v) is 1.39. The van der Waals surface area contributed by atoms with Crippen LogP contribution in [0.5, 0.6) is 5.75 Å². The van der Waals surface area contributed by atoms with Crippen LogP contribution in [-0.4, -0.2) is 7.11 Å². The van der Waals surface area contributed by atoms with E-state index in [-0.39, 0.29) is 5.41 Å². The van der Waals surface area contributed by atoms with Crippen LogP contribution < -0.4 is 4.74 Å². The summed E-state index contributed by atoms with van der Waals surface area (Å²) in [7, 11) is 1.67. The normalized spacial score (nSPS) is 10.3. The van der Waals surface area contributed by atoms with E-state index in [0.717, 1.165) is 5.75 Å². The van der Waals surface area contributed by atoms with Gasteiger partial charge in [-0.05, 0) is 38.5 Å². The number of methoxy groups -OCH3 is 1. The van der Waals surface area contributed by atoms with Crippen LogP contribution in [0.3, 0.4) is 0 Å². The van der Waals surface area contributed by atoms with Crippen molar-refractivity contribution in [1.82, 2.24) is 0 Å². The summed E-state index contributed by atoms with van der Waals surface area (Å²) < 4.78 is 5.11. The molecule has 0 aromatic heterocycles. The summed E-state index contributed by atoms with van der Waals surface area (Å²) in [5.41, 5.74) is 1.13. The average Bonchev–Trinajstić information content (AvgIpc) is 2.18. The second kappa shape index (κ2) is 4.19. The lowest BCUT2D eigenvalue weighted by Gasteiger charge is -2.18. The fraction of sp³-hybridized carbons (Fsp3) is 0.385. The Morgan fingerprint density at radius 2 is 1.71 bits per heavy atom. The first-order valence-electron chi connectivity index (χ1n) is 4.68. The van der Waals surface area contributed by atoms with E-state index in [9.17, 15) is 0 Å². The Morgan fingerprint density at radius 1 is 1.14 bits per heavy atom. The maximum Gasteiger partial charge on any atom is 0.118 e. The number of benzene rings is 1. The number of ether oxygens (including phenoxy) is 1. The molecule has 0 saturated heterocycles. The summed E-state index contributed by atoms with van der Waals surface area (Å²) >= 11 is 0. The van der Waals surface area contributed by atoms with Crippen molar-refractivity contribution >= 4 is 0 Å². The zero-order valence-electron chi connectivity index (χ0n) is 9.22. The molecule has 0 heterocycles. The van der Waals surface area contributed by atoms with Gasteiger partial charge in [-0.1, -0.05) is 18.1 Å². The average molecular weight is 188 g/mol. The zero-order chi connectivity index (χ0) is 10.6. The highest BCUT2D eigenvalue weighted by Crippen LogP contribution is 2.24. The highest BCUT2D eigenvalue weighted by Gasteiger charge is 2.16. The van der Waals surface area contributed by atoms with Crippen molar-refractivity contribution in [1.29, 1.82) is 0 Å². The van der Waals surface area contributed by atoms with Gasteiger partial charge in [0.15, 0.2) is 0 Å². The summed E-state index contributed by atoms with van der Waals surface area (Å²) in [5.74, 6) is 7.02. The Bertz CT molecular complexity index is 349. The molecular weight excluding hydrogens is 172 g/mol. The van der Waals surface area contributed by atoms with Crippen LogP contribution in [0, 0.1) is 11.8 Å². The molecule has 0 unspecified atom stereocenters. The predicted molar refractivity (Wildman–Crippen MR) is 59.5 cm³/mol. The van der Waals surface area contributed by atoms with E-state index in [1.807, 2.05) is 19.1 Å². The topological polar surface area (TPSA) is 9.23 Å². The quantitative estimate of drug-likeness (QED) is 0.648. The first-order chi connectivity index (χ1) is 6.60. The van der Waals surface area contributed by atoms with E-state index < -0.39 is 0 Å². The van der Waals surface area contributed by atoms with Crippen molar-refractivity contribution in [3.8, 4) is 17.6 Å². The van der Waals surface area contributed by atoms with Gasteiger partial charge in [-0.15, -0.1) is 5.92 Å². The molecule has 1 nitrogen and oxygen atoms in total. The molecule has 0 spiro atoms. The van der Waals surface area contributed by atoms with E-state index >= 15 is 0 Å². The van der Waals surface area contributed by atoms with Gasteiger partial charge in [0.2, 0.25) is 0 Å². The summed E-state index contributed by atoms with van der Waals surface area (Å²) in [6.45, 7) is 6.10. The molecule has 1 rings (SSSR count). The lowest BCUT2D eigenvalue weighted by molar-refractivity contribution is 0.414. The van der Waals surface area contributed by atoms with Gasteiger partial charge in [-0.25, -0.2) is 0 Å². The standard InChI is InChI=1S/C13H16O/c1-5-10-13(2,3)11-6-8-12(14-4)9-7-11/h6-9H,1-4H3. The zero-order valence-corrected chi connectivity index (χ0v) is 9.22. The monoisotopic (exact) mass is 188 g/mol. The van der Waals surface area contributed by atoms with Crippen LogP contribution >= 0.6 is 0 Å². The lowest BCUT2D eigenvalue weighted by Crippen LogP contribution is -2.13. The number of rotatable bonds is 2. The van der Waals surface area contributed by atoms with Gasteiger partial charge < -0.3 is 4.74 Å². The molecule has 1 aromatic rings. The van der Waals surface area contributed by atoms with Gasteiger partial charge in [-0.2, -0.15) is 0 Å². The van der Waals surface area contributed by atoms with Crippen molar-refractivity contribution in [3.63, 3.8) is 0 Å². The smallest absolute Gasteiger partial charge is 0.118 e. The van der Waals surface area contributed by atoms with Crippen molar-refractivity contribution in [3.05, 3.63) is 29.8 Å². The highest BCUT2D eigenvalue weighted by molar-refractivity contribution is 5.36. The molecule has 1 aromatic carbocycles. The molecule has 74 valence electrons. The van der Waals surface area contributed by atoms with Crippen molar-refractivity contribution < 1.29 is 4.74 Å². The predicted octanol–water partition coefficient (Wildman–Crippen LogP) is 3.00. The molecule has 0 radical (unpaired) electrons. The van der Waals surface area contributed by atoms with Gasteiger partial charge in [0.25, 0.3) is 0 Å². The van der Waals surface area contributed by atoms with Crippen molar-refractivity contribution in [2.24, 2.45) is 0 Å². The van der Waals surface area contributed by atoms with Crippen LogP contribution in [0.4, 0.5) is 0 Å². The van der Waals surface area contributed by atoms with E-state index in [0.29, 0.717) is 0 Å². The molecule has 14 heavy (non-hydrogen) atoms.